The van der Waals surface area contributed by atoms with E-state index in [4.69, 9.17) is 33.0 Å². The standard InChI is InChI=1S/C27H25ClN4O5S/c1-4-15(3)16-7-10-23-21(12-16)29-26(37-23)18-6-9-19(28)20(13-18)30-27(38)31-25(33)17-8-11-24(36-5-2)22(14-17)32(34)35/h6-15H,4-5H2,1-3H3,(H2,30,31,33,38)/t15-/m1/s1. The van der Waals surface area contributed by atoms with Crippen molar-refractivity contribution in [2.45, 2.75) is 33.1 Å². The summed E-state index contributed by atoms with van der Waals surface area (Å²) in [4.78, 5) is 28.1. The van der Waals surface area contributed by atoms with Crippen molar-refractivity contribution < 1.29 is 18.9 Å². The van der Waals surface area contributed by atoms with Crippen LogP contribution in [0.1, 0.15) is 49.0 Å². The highest BCUT2D eigenvalue weighted by molar-refractivity contribution is 7.80. The number of aromatic nitrogens is 1. The smallest absolute Gasteiger partial charge is 0.311 e. The van der Waals surface area contributed by atoms with Crippen LogP contribution in [0, 0.1) is 10.1 Å². The van der Waals surface area contributed by atoms with Crippen molar-refractivity contribution in [2.75, 3.05) is 11.9 Å². The number of carbonyl (C=O) groups excluding carboxylic acids is 1. The Balaban J connectivity index is 1.51. The Bertz CT molecular complexity index is 1540. The molecule has 1 heterocycles. The van der Waals surface area contributed by atoms with Gasteiger partial charge in [-0.1, -0.05) is 31.5 Å². The first kappa shape index (κ1) is 27.0. The SMILES string of the molecule is CCOc1ccc(C(=O)NC(=S)Nc2cc(-c3nc4cc([C@H](C)CC)ccc4o3)ccc2Cl)cc1[N+](=O)[O-]. The van der Waals surface area contributed by atoms with Gasteiger partial charge in [0.05, 0.1) is 22.2 Å². The number of hydrogen-bond donors (Lipinski definition) is 2. The second-order valence-corrected chi connectivity index (χ2v) is 9.35. The summed E-state index contributed by atoms with van der Waals surface area (Å²) in [6, 6.07) is 15.1. The van der Waals surface area contributed by atoms with Gasteiger partial charge >= 0.3 is 5.69 Å². The highest BCUT2D eigenvalue weighted by Gasteiger charge is 2.20. The number of anilines is 1. The molecule has 1 atom stereocenters. The third-order valence-corrected chi connectivity index (χ3v) is 6.53. The van der Waals surface area contributed by atoms with Gasteiger partial charge in [0, 0.05) is 17.2 Å². The summed E-state index contributed by atoms with van der Waals surface area (Å²) in [5, 5.41) is 17.1. The van der Waals surface area contributed by atoms with Gasteiger partial charge in [-0.2, -0.15) is 0 Å². The lowest BCUT2D eigenvalue weighted by atomic mass is 9.98. The molecule has 2 N–H and O–H groups in total. The fourth-order valence-electron chi connectivity index (χ4n) is 3.77. The number of nitrogens with zero attached hydrogens (tertiary/aromatic N) is 2. The normalized spacial score (nSPS) is 11.7. The van der Waals surface area contributed by atoms with Crippen LogP contribution in [-0.4, -0.2) is 27.5 Å². The fraction of sp³-hybridized carbons (Fsp3) is 0.222. The Labute approximate surface area is 229 Å². The molecule has 4 aromatic rings. The van der Waals surface area contributed by atoms with Gasteiger partial charge in [0.25, 0.3) is 5.91 Å². The first-order chi connectivity index (χ1) is 18.2. The van der Waals surface area contributed by atoms with Crippen molar-refractivity contribution >= 4 is 57.3 Å². The average Bonchev–Trinajstić information content (AvgIpc) is 3.33. The third-order valence-electron chi connectivity index (χ3n) is 6.00. The second-order valence-electron chi connectivity index (χ2n) is 8.53. The minimum absolute atomic E-state index is 0.0404. The molecule has 0 saturated heterocycles. The third kappa shape index (κ3) is 5.92. The van der Waals surface area contributed by atoms with Crippen LogP contribution in [0.2, 0.25) is 5.02 Å². The largest absolute Gasteiger partial charge is 0.487 e. The minimum Gasteiger partial charge on any atom is -0.487 e. The first-order valence-corrected chi connectivity index (χ1v) is 12.7. The zero-order chi connectivity index (χ0) is 27.4. The highest BCUT2D eigenvalue weighted by Crippen LogP contribution is 2.32. The lowest BCUT2D eigenvalue weighted by molar-refractivity contribution is -0.385. The molecule has 0 spiro atoms. The van der Waals surface area contributed by atoms with Crippen LogP contribution in [0.15, 0.2) is 59.0 Å². The summed E-state index contributed by atoms with van der Waals surface area (Å²) in [5.74, 6) is 0.277. The lowest BCUT2D eigenvalue weighted by Crippen LogP contribution is -2.34. The molecule has 3 aromatic carbocycles. The van der Waals surface area contributed by atoms with Crippen molar-refractivity contribution in [3.8, 4) is 17.2 Å². The number of fused-ring (bicyclic) bond motifs is 1. The van der Waals surface area contributed by atoms with Crippen molar-refractivity contribution in [1.82, 2.24) is 10.3 Å². The van der Waals surface area contributed by atoms with E-state index in [0.29, 0.717) is 33.7 Å². The van der Waals surface area contributed by atoms with E-state index in [2.05, 4.69) is 29.5 Å². The number of amides is 1. The van der Waals surface area contributed by atoms with E-state index in [1.54, 1.807) is 25.1 Å². The Hall–Kier alpha value is -4.02. The molecule has 4 rings (SSSR count). The molecule has 0 radical (unpaired) electrons. The summed E-state index contributed by atoms with van der Waals surface area (Å²) in [7, 11) is 0. The maximum Gasteiger partial charge on any atom is 0.311 e. The van der Waals surface area contributed by atoms with Gasteiger partial charge in [0.1, 0.15) is 5.52 Å². The topological polar surface area (TPSA) is 120 Å². The molecule has 0 aliphatic heterocycles. The van der Waals surface area contributed by atoms with Crippen molar-refractivity contribution in [1.29, 1.82) is 0 Å². The average molecular weight is 553 g/mol. The number of oxazole rings is 1. The number of halogens is 1. The van der Waals surface area contributed by atoms with E-state index in [-0.39, 0.29) is 28.7 Å². The molecular weight excluding hydrogens is 528 g/mol. The van der Waals surface area contributed by atoms with E-state index in [0.717, 1.165) is 18.0 Å². The van der Waals surface area contributed by atoms with Gasteiger partial charge in [-0.15, -0.1) is 0 Å². The molecule has 0 bridgehead atoms. The minimum atomic E-state index is -0.628. The lowest BCUT2D eigenvalue weighted by Gasteiger charge is -2.12. The quantitative estimate of drug-likeness (QED) is 0.135. The number of benzene rings is 3. The number of hydrogen-bond acceptors (Lipinski definition) is 7. The number of carbonyl (C=O) groups is 1. The van der Waals surface area contributed by atoms with Crippen LogP contribution in [0.3, 0.4) is 0 Å². The van der Waals surface area contributed by atoms with Gasteiger partial charge in [-0.25, -0.2) is 4.98 Å². The summed E-state index contributed by atoms with van der Waals surface area (Å²) in [6.07, 6.45) is 1.02. The molecule has 0 unspecified atom stereocenters. The van der Waals surface area contributed by atoms with Crippen LogP contribution in [0.25, 0.3) is 22.6 Å². The molecule has 1 amide bonds. The number of ether oxygens (including phenoxy) is 1. The monoisotopic (exact) mass is 552 g/mol. The van der Waals surface area contributed by atoms with Crippen LogP contribution in [0.4, 0.5) is 11.4 Å². The van der Waals surface area contributed by atoms with Gasteiger partial charge in [-0.05, 0) is 79.5 Å². The molecule has 11 heteroatoms. The summed E-state index contributed by atoms with van der Waals surface area (Å²) in [5.41, 5.74) is 3.44. The van der Waals surface area contributed by atoms with Gasteiger partial charge in [-0.3, -0.25) is 20.2 Å². The van der Waals surface area contributed by atoms with Crippen LogP contribution < -0.4 is 15.4 Å². The number of nitrogens with one attached hydrogen (secondary N) is 2. The molecule has 0 fully saturated rings. The van der Waals surface area contributed by atoms with Gasteiger partial charge in [0.2, 0.25) is 5.89 Å². The Morgan fingerprint density at radius 2 is 1.97 bits per heavy atom. The van der Waals surface area contributed by atoms with E-state index < -0.39 is 10.8 Å². The highest BCUT2D eigenvalue weighted by atomic mass is 35.5. The summed E-state index contributed by atoms with van der Waals surface area (Å²) in [6.45, 7) is 6.27. The van der Waals surface area contributed by atoms with Crippen LogP contribution in [0.5, 0.6) is 5.75 Å². The summed E-state index contributed by atoms with van der Waals surface area (Å²) < 4.78 is 11.2. The molecule has 0 aliphatic carbocycles. The summed E-state index contributed by atoms with van der Waals surface area (Å²) >= 11 is 11.6. The van der Waals surface area contributed by atoms with Crippen molar-refractivity contribution in [2.24, 2.45) is 0 Å². The molecule has 38 heavy (non-hydrogen) atoms. The van der Waals surface area contributed by atoms with Crippen molar-refractivity contribution in [3.05, 3.63) is 80.9 Å². The van der Waals surface area contributed by atoms with Gasteiger partial charge in [0.15, 0.2) is 16.4 Å². The number of nitro benzene ring substituents is 1. The van der Waals surface area contributed by atoms with Crippen LogP contribution >= 0.6 is 23.8 Å². The van der Waals surface area contributed by atoms with E-state index in [1.807, 2.05) is 18.2 Å². The number of rotatable bonds is 8. The molecule has 0 aliphatic rings. The zero-order valence-corrected chi connectivity index (χ0v) is 22.5. The predicted octanol–water partition coefficient (Wildman–Crippen LogP) is 7.10. The predicted molar refractivity (Wildman–Crippen MR) is 151 cm³/mol. The van der Waals surface area contributed by atoms with Gasteiger partial charge < -0.3 is 14.5 Å². The number of thiocarbonyl (C=S) groups is 1. The van der Waals surface area contributed by atoms with Crippen molar-refractivity contribution in [3.63, 3.8) is 0 Å². The second kappa shape index (κ2) is 11.6. The molecule has 9 nitrogen and oxygen atoms in total. The maximum absolute atomic E-state index is 12.7. The fourth-order valence-corrected chi connectivity index (χ4v) is 4.14. The van der Waals surface area contributed by atoms with E-state index >= 15 is 0 Å². The molecule has 1 aromatic heterocycles. The maximum atomic E-state index is 12.7. The van der Waals surface area contributed by atoms with E-state index in [1.165, 1.54) is 17.7 Å². The Morgan fingerprint density at radius 3 is 2.68 bits per heavy atom. The Morgan fingerprint density at radius 1 is 1.18 bits per heavy atom. The molecule has 196 valence electrons. The Kier molecular flexibility index (Phi) is 8.23. The zero-order valence-electron chi connectivity index (χ0n) is 20.9. The molecular formula is C27H25ClN4O5S. The van der Waals surface area contributed by atoms with E-state index in [9.17, 15) is 14.9 Å². The van der Waals surface area contributed by atoms with Crippen LogP contribution in [-0.2, 0) is 0 Å². The molecule has 0 saturated carbocycles. The number of nitro groups is 1. The first-order valence-electron chi connectivity index (χ1n) is 11.9.